The summed E-state index contributed by atoms with van der Waals surface area (Å²) in [6.45, 7) is 5.92. The molecule has 0 saturated carbocycles. The standard InChI is InChI=1S/C12H14Cl2N4O2/c1-12(2,3)9-7(4-5-13)10(14)17-11(16-9)8(6-15-17)18(19)20/h6H,4-5H2,1-3H3. The Morgan fingerprint density at radius 1 is 1.45 bits per heavy atom. The van der Waals surface area contributed by atoms with Gasteiger partial charge in [0.15, 0.2) is 0 Å². The van der Waals surface area contributed by atoms with Gasteiger partial charge in [0.25, 0.3) is 0 Å². The zero-order valence-electron chi connectivity index (χ0n) is 11.4. The second-order valence-corrected chi connectivity index (χ2v) is 6.18. The van der Waals surface area contributed by atoms with E-state index in [0.29, 0.717) is 23.1 Å². The fourth-order valence-corrected chi connectivity index (χ4v) is 2.54. The molecule has 0 aromatic carbocycles. The molecule has 0 aliphatic heterocycles. The highest BCUT2D eigenvalue weighted by Crippen LogP contribution is 2.32. The molecule has 6 nitrogen and oxygen atoms in total. The third kappa shape index (κ3) is 2.45. The number of aromatic nitrogens is 3. The Kier molecular flexibility index (Phi) is 3.88. The zero-order valence-corrected chi connectivity index (χ0v) is 12.9. The predicted molar refractivity (Wildman–Crippen MR) is 77.8 cm³/mol. The molecule has 2 aromatic rings. The van der Waals surface area contributed by atoms with Crippen molar-refractivity contribution in [2.45, 2.75) is 32.6 Å². The summed E-state index contributed by atoms with van der Waals surface area (Å²) in [5.74, 6) is 0.388. The van der Waals surface area contributed by atoms with E-state index in [1.54, 1.807) is 0 Å². The first-order valence-electron chi connectivity index (χ1n) is 6.04. The van der Waals surface area contributed by atoms with Gasteiger partial charge in [-0.3, -0.25) is 10.1 Å². The Bertz CT molecular complexity index is 676. The van der Waals surface area contributed by atoms with Crippen LogP contribution in [0.1, 0.15) is 32.0 Å². The van der Waals surface area contributed by atoms with Gasteiger partial charge >= 0.3 is 5.69 Å². The van der Waals surface area contributed by atoms with Gasteiger partial charge in [-0.1, -0.05) is 32.4 Å². The van der Waals surface area contributed by atoms with Crippen LogP contribution in [0.15, 0.2) is 6.20 Å². The summed E-state index contributed by atoms with van der Waals surface area (Å²) in [4.78, 5) is 14.9. The molecule has 0 amide bonds. The van der Waals surface area contributed by atoms with Gasteiger partial charge in [-0.2, -0.15) is 9.61 Å². The molecule has 2 heterocycles. The summed E-state index contributed by atoms with van der Waals surface area (Å²) < 4.78 is 1.29. The van der Waals surface area contributed by atoms with E-state index in [2.05, 4.69) is 10.1 Å². The van der Waals surface area contributed by atoms with Gasteiger partial charge in [0, 0.05) is 16.9 Å². The van der Waals surface area contributed by atoms with E-state index in [1.165, 1.54) is 4.52 Å². The van der Waals surface area contributed by atoms with Crippen LogP contribution in [0, 0.1) is 10.1 Å². The highest BCUT2D eigenvalue weighted by Gasteiger charge is 2.27. The SMILES string of the molecule is CC(C)(C)c1nc2c([N+](=O)[O-])cnn2c(Cl)c1CCCl. The van der Waals surface area contributed by atoms with Crippen LogP contribution < -0.4 is 0 Å². The van der Waals surface area contributed by atoms with Crippen molar-refractivity contribution in [2.24, 2.45) is 0 Å². The monoisotopic (exact) mass is 316 g/mol. The number of halogens is 2. The first-order chi connectivity index (χ1) is 9.27. The van der Waals surface area contributed by atoms with Crippen molar-refractivity contribution < 1.29 is 4.92 Å². The molecule has 0 bridgehead atoms. The average molecular weight is 317 g/mol. The molecule has 2 aromatic heterocycles. The molecule has 0 saturated heterocycles. The molecule has 0 fully saturated rings. The summed E-state index contributed by atoms with van der Waals surface area (Å²) in [7, 11) is 0. The summed E-state index contributed by atoms with van der Waals surface area (Å²) in [6, 6.07) is 0. The fourth-order valence-electron chi connectivity index (χ4n) is 2.05. The lowest BCUT2D eigenvalue weighted by Crippen LogP contribution is -2.19. The van der Waals surface area contributed by atoms with Gasteiger partial charge in [-0.25, -0.2) is 4.98 Å². The molecule has 0 aliphatic carbocycles. The maximum absolute atomic E-state index is 11.0. The van der Waals surface area contributed by atoms with Crippen LogP contribution >= 0.6 is 23.2 Å². The van der Waals surface area contributed by atoms with Crippen molar-refractivity contribution in [2.75, 3.05) is 5.88 Å². The number of alkyl halides is 1. The normalized spacial score (nSPS) is 12.1. The third-order valence-corrected chi connectivity index (χ3v) is 3.49. The number of nitro groups is 1. The van der Waals surface area contributed by atoms with Gasteiger partial charge < -0.3 is 0 Å². The van der Waals surface area contributed by atoms with E-state index in [4.69, 9.17) is 23.2 Å². The molecular weight excluding hydrogens is 303 g/mol. The number of nitrogens with zero attached hydrogens (tertiary/aromatic N) is 4. The summed E-state index contributed by atoms with van der Waals surface area (Å²) in [5.41, 5.74) is 1.18. The highest BCUT2D eigenvalue weighted by atomic mass is 35.5. The van der Waals surface area contributed by atoms with Crippen LogP contribution in [0.3, 0.4) is 0 Å². The molecule has 0 atom stereocenters. The lowest BCUT2D eigenvalue weighted by Gasteiger charge is -2.22. The van der Waals surface area contributed by atoms with Gasteiger partial charge in [-0.05, 0) is 6.42 Å². The van der Waals surface area contributed by atoms with Crippen molar-refractivity contribution in [1.82, 2.24) is 14.6 Å². The Morgan fingerprint density at radius 3 is 2.60 bits per heavy atom. The predicted octanol–water partition coefficient (Wildman–Crippen LogP) is 3.37. The number of hydrogen-bond acceptors (Lipinski definition) is 4. The Hall–Kier alpha value is -1.40. The molecule has 108 valence electrons. The quantitative estimate of drug-likeness (QED) is 0.376. The molecule has 2 rings (SSSR count). The summed E-state index contributed by atoms with van der Waals surface area (Å²) >= 11 is 12.1. The zero-order chi connectivity index (χ0) is 15.1. The molecule has 0 radical (unpaired) electrons. The largest absolute Gasteiger partial charge is 0.333 e. The van der Waals surface area contributed by atoms with E-state index in [1.807, 2.05) is 20.8 Å². The van der Waals surface area contributed by atoms with Crippen LogP contribution in [0.2, 0.25) is 5.15 Å². The number of fused-ring (bicyclic) bond motifs is 1. The summed E-state index contributed by atoms with van der Waals surface area (Å²) in [5, 5.41) is 15.3. The average Bonchev–Trinajstić information content (AvgIpc) is 2.75. The fraction of sp³-hybridized carbons (Fsp3) is 0.500. The van der Waals surface area contributed by atoms with Gasteiger partial charge in [0.2, 0.25) is 5.65 Å². The minimum atomic E-state index is -0.515. The molecule has 20 heavy (non-hydrogen) atoms. The van der Waals surface area contributed by atoms with Gasteiger partial charge in [-0.15, -0.1) is 11.6 Å². The lowest BCUT2D eigenvalue weighted by molar-refractivity contribution is -0.383. The van der Waals surface area contributed by atoms with E-state index in [9.17, 15) is 10.1 Å². The second-order valence-electron chi connectivity index (χ2n) is 5.44. The minimum Gasteiger partial charge on any atom is -0.258 e. The van der Waals surface area contributed by atoms with E-state index < -0.39 is 4.92 Å². The Balaban J connectivity index is 2.84. The van der Waals surface area contributed by atoms with Gasteiger partial charge in [0.1, 0.15) is 11.3 Å². The van der Waals surface area contributed by atoms with Crippen molar-refractivity contribution in [3.05, 3.63) is 32.7 Å². The highest BCUT2D eigenvalue weighted by molar-refractivity contribution is 6.30. The maximum atomic E-state index is 11.0. The Labute approximate surface area is 125 Å². The second kappa shape index (κ2) is 5.18. The molecule has 0 aliphatic rings. The first kappa shape index (κ1) is 15.0. The lowest BCUT2D eigenvalue weighted by atomic mass is 9.88. The molecule has 0 unspecified atom stereocenters. The molecule has 0 N–H and O–H groups in total. The Morgan fingerprint density at radius 2 is 2.10 bits per heavy atom. The van der Waals surface area contributed by atoms with Crippen LogP contribution in [0.5, 0.6) is 0 Å². The van der Waals surface area contributed by atoms with Crippen LogP contribution in [-0.4, -0.2) is 25.4 Å². The number of rotatable bonds is 3. The van der Waals surface area contributed by atoms with Crippen LogP contribution in [0.25, 0.3) is 5.65 Å². The third-order valence-electron chi connectivity index (χ3n) is 2.92. The molecular formula is C12H14Cl2N4O2. The molecule has 8 heteroatoms. The topological polar surface area (TPSA) is 73.3 Å². The van der Waals surface area contributed by atoms with E-state index >= 15 is 0 Å². The number of hydrogen-bond donors (Lipinski definition) is 0. The van der Waals surface area contributed by atoms with E-state index in [0.717, 1.165) is 11.8 Å². The van der Waals surface area contributed by atoms with Gasteiger partial charge in [0.05, 0.1) is 10.6 Å². The summed E-state index contributed by atoms with van der Waals surface area (Å²) in [6.07, 6.45) is 1.69. The first-order valence-corrected chi connectivity index (χ1v) is 6.95. The van der Waals surface area contributed by atoms with Crippen LogP contribution in [0.4, 0.5) is 5.69 Å². The van der Waals surface area contributed by atoms with Crippen molar-refractivity contribution in [3.63, 3.8) is 0 Å². The van der Waals surface area contributed by atoms with Crippen LogP contribution in [-0.2, 0) is 11.8 Å². The van der Waals surface area contributed by atoms with E-state index in [-0.39, 0.29) is 16.7 Å². The molecule has 0 spiro atoms. The van der Waals surface area contributed by atoms with Crippen molar-refractivity contribution in [3.8, 4) is 0 Å². The van der Waals surface area contributed by atoms with Crippen molar-refractivity contribution in [1.29, 1.82) is 0 Å². The minimum absolute atomic E-state index is 0.156. The smallest absolute Gasteiger partial charge is 0.258 e. The maximum Gasteiger partial charge on any atom is 0.333 e. The van der Waals surface area contributed by atoms with Crippen molar-refractivity contribution >= 4 is 34.5 Å².